The molecule has 0 bridgehead atoms. The molecule has 2 nitrogen and oxygen atoms in total. The molecule has 0 fully saturated rings. The van der Waals surface area contributed by atoms with Crippen molar-refractivity contribution in [3.05, 3.63) is 33.8 Å². The fraction of sp³-hybridized carbons (Fsp3) is 0.400. The summed E-state index contributed by atoms with van der Waals surface area (Å²) < 4.78 is 0. The Hall–Kier alpha value is -0.280. The van der Waals surface area contributed by atoms with Crippen LogP contribution in [0.2, 0.25) is 10.0 Å². The van der Waals surface area contributed by atoms with E-state index in [0.29, 0.717) is 22.2 Å². The minimum Gasteiger partial charge on any atom is -0.387 e. The van der Waals surface area contributed by atoms with E-state index < -0.39 is 6.10 Å². The van der Waals surface area contributed by atoms with Gasteiger partial charge in [0.2, 0.25) is 0 Å². The number of halogens is 2. The molecule has 0 saturated heterocycles. The van der Waals surface area contributed by atoms with Crippen molar-refractivity contribution in [2.45, 2.75) is 6.10 Å². The minimum atomic E-state index is -0.601. The molecule has 1 atom stereocenters. The Morgan fingerprint density at radius 1 is 1.36 bits per heavy atom. The Balaban J connectivity index is 2.89. The second-order valence-electron chi connectivity index (χ2n) is 3.42. The number of hydrogen-bond donors (Lipinski definition) is 1. The molecule has 1 unspecified atom stereocenters. The summed E-state index contributed by atoms with van der Waals surface area (Å²) in [5.74, 6) is 0. The highest BCUT2D eigenvalue weighted by atomic mass is 35.5. The van der Waals surface area contributed by atoms with Gasteiger partial charge in [-0.1, -0.05) is 35.3 Å². The van der Waals surface area contributed by atoms with Crippen LogP contribution < -0.4 is 0 Å². The second-order valence-corrected chi connectivity index (χ2v) is 4.21. The molecule has 1 N–H and O–H groups in total. The van der Waals surface area contributed by atoms with Crippen LogP contribution in [0.15, 0.2) is 18.2 Å². The zero-order valence-corrected chi connectivity index (χ0v) is 9.68. The first kappa shape index (κ1) is 11.8. The Labute approximate surface area is 94.1 Å². The van der Waals surface area contributed by atoms with E-state index in [1.807, 2.05) is 19.0 Å². The summed E-state index contributed by atoms with van der Waals surface area (Å²) in [4.78, 5) is 1.89. The Kier molecular flexibility index (Phi) is 4.20. The van der Waals surface area contributed by atoms with E-state index in [1.54, 1.807) is 18.2 Å². The first-order chi connectivity index (χ1) is 6.52. The van der Waals surface area contributed by atoms with Crippen LogP contribution in [0.3, 0.4) is 0 Å². The van der Waals surface area contributed by atoms with Gasteiger partial charge in [-0.05, 0) is 20.2 Å². The second kappa shape index (κ2) is 4.99. The number of nitrogens with zero attached hydrogens (tertiary/aromatic N) is 1. The normalized spacial score (nSPS) is 13.3. The molecule has 0 saturated carbocycles. The number of aliphatic hydroxyl groups excluding tert-OH is 1. The maximum absolute atomic E-state index is 9.81. The average Bonchev–Trinajstić information content (AvgIpc) is 2.08. The third kappa shape index (κ3) is 2.85. The van der Waals surface area contributed by atoms with Crippen molar-refractivity contribution in [2.24, 2.45) is 0 Å². The molecule has 0 aliphatic rings. The zero-order chi connectivity index (χ0) is 10.7. The van der Waals surface area contributed by atoms with E-state index in [0.717, 1.165) is 0 Å². The van der Waals surface area contributed by atoms with Gasteiger partial charge < -0.3 is 10.0 Å². The van der Waals surface area contributed by atoms with Crippen molar-refractivity contribution in [1.29, 1.82) is 0 Å². The molecule has 14 heavy (non-hydrogen) atoms. The summed E-state index contributed by atoms with van der Waals surface area (Å²) >= 11 is 11.8. The van der Waals surface area contributed by atoms with Crippen molar-refractivity contribution in [2.75, 3.05) is 20.6 Å². The van der Waals surface area contributed by atoms with Crippen LogP contribution in [0.4, 0.5) is 0 Å². The molecule has 0 spiro atoms. The molecule has 1 aromatic rings. The van der Waals surface area contributed by atoms with Crippen LogP contribution >= 0.6 is 23.2 Å². The quantitative estimate of drug-likeness (QED) is 0.868. The van der Waals surface area contributed by atoms with Gasteiger partial charge in [-0.25, -0.2) is 0 Å². The van der Waals surface area contributed by atoms with Crippen molar-refractivity contribution >= 4 is 23.2 Å². The molecule has 0 aliphatic heterocycles. The number of rotatable bonds is 3. The van der Waals surface area contributed by atoms with Gasteiger partial charge in [0, 0.05) is 12.1 Å². The van der Waals surface area contributed by atoms with Gasteiger partial charge in [0.15, 0.2) is 0 Å². The van der Waals surface area contributed by atoms with Crippen molar-refractivity contribution in [3.63, 3.8) is 0 Å². The van der Waals surface area contributed by atoms with Gasteiger partial charge in [-0.15, -0.1) is 0 Å². The first-order valence-electron chi connectivity index (χ1n) is 4.29. The fourth-order valence-corrected chi connectivity index (χ4v) is 1.66. The maximum Gasteiger partial charge on any atom is 0.0931 e. The Morgan fingerprint density at radius 2 is 2.00 bits per heavy atom. The summed E-state index contributed by atoms with van der Waals surface area (Å²) in [7, 11) is 3.78. The fourth-order valence-electron chi connectivity index (χ4n) is 1.22. The lowest BCUT2D eigenvalue weighted by Crippen LogP contribution is -2.20. The largest absolute Gasteiger partial charge is 0.387 e. The van der Waals surface area contributed by atoms with E-state index in [2.05, 4.69) is 0 Å². The lowest BCUT2D eigenvalue weighted by molar-refractivity contribution is 0.138. The van der Waals surface area contributed by atoms with E-state index >= 15 is 0 Å². The Morgan fingerprint density at radius 3 is 2.57 bits per heavy atom. The average molecular weight is 234 g/mol. The summed E-state index contributed by atoms with van der Waals surface area (Å²) in [6, 6.07) is 5.26. The summed E-state index contributed by atoms with van der Waals surface area (Å²) in [6.07, 6.45) is -0.601. The van der Waals surface area contributed by atoms with Crippen LogP contribution in [0, 0.1) is 0 Å². The molecule has 0 heterocycles. The van der Waals surface area contributed by atoms with Crippen LogP contribution in [-0.4, -0.2) is 30.6 Å². The standard InChI is InChI=1S/C10H13Cl2NO/c1-13(2)6-9(14)7-4-3-5-8(11)10(7)12/h3-5,9,14H,6H2,1-2H3. The monoisotopic (exact) mass is 233 g/mol. The van der Waals surface area contributed by atoms with Crippen LogP contribution in [0.1, 0.15) is 11.7 Å². The van der Waals surface area contributed by atoms with Gasteiger partial charge in [-0.2, -0.15) is 0 Å². The highest BCUT2D eigenvalue weighted by Gasteiger charge is 2.13. The molecule has 0 aliphatic carbocycles. The SMILES string of the molecule is CN(C)CC(O)c1cccc(Cl)c1Cl. The van der Waals surface area contributed by atoms with E-state index in [4.69, 9.17) is 23.2 Å². The highest BCUT2D eigenvalue weighted by molar-refractivity contribution is 6.42. The highest BCUT2D eigenvalue weighted by Crippen LogP contribution is 2.29. The molecule has 1 aromatic carbocycles. The van der Waals surface area contributed by atoms with Gasteiger partial charge in [-0.3, -0.25) is 0 Å². The summed E-state index contributed by atoms with van der Waals surface area (Å²) in [5.41, 5.74) is 0.674. The van der Waals surface area contributed by atoms with E-state index in [-0.39, 0.29) is 0 Å². The van der Waals surface area contributed by atoms with Crippen LogP contribution in [0.5, 0.6) is 0 Å². The van der Waals surface area contributed by atoms with E-state index in [9.17, 15) is 5.11 Å². The Bertz CT molecular complexity index is 315. The maximum atomic E-state index is 9.81. The topological polar surface area (TPSA) is 23.5 Å². The van der Waals surface area contributed by atoms with Gasteiger partial charge in [0.1, 0.15) is 0 Å². The summed E-state index contributed by atoms with van der Waals surface area (Å²) in [5, 5.41) is 10.7. The lowest BCUT2D eigenvalue weighted by atomic mass is 10.1. The molecule has 0 aromatic heterocycles. The van der Waals surface area contributed by atoms with Crippen LogP contribution in [-0.2, 0) is 0 Å². The lowest BCUT2D eigenvalue weighted by Gasteiger charge is -2.17. The van der Waals surface area contributed by atoms with Crippen LogP contribution in [0.25, 0.3) is 0 Å². The van der Waals surface area contributed by atoms with Crippen molar-refractivity contribution in [1.82, 2.24) is 4.90 Å². The van der Waals surface area contributed by atoms with Gasteiger partial charge >= 0.3 is 0 Å². The smallest absolute Gasteiger partial charge is 0.0931 e. The molecular formula is C10H13Cl2NO. The molecule has 0 amide bonds. The molecule has 1 rings (SSSR count). The minimum absolute atomic E-state index is 0.434. The third-order valence-corrected chi connectivity index (χ3v) is 2.71. The molecule has 4 heteroatoms. The predicted octanol–water partition coefficient (Wildman–Crippen LogP) is 2.59. The van der Waals surface area contributed by atoms with Crippen molar-refractivity contribution in [3.8, 4) is 0 Å². The number of aliphatic hydroxyl groups is 1. The first-order valence-corrected chi connectivity index (χ1v) is 5.04. The van der Waals surface area contributed by atoms with Gasteiger partial charge in [0.05, 0.1) is 16.1 Å². The van der Waals surface area contributed by atoms with Gasteiger partial charge in [0.25, 0.3) is 0 Å². The predicted molar refractivity (Wildman–Crippen MR) is 60.0 cm³/mol. The molecule has 0 radical (unpaired) electrons. The zero-order valence-electron chi connectivity index (χ0n) is 8.17. The molecule has 78 valence electrons. The molecular weight excluding hydrogens is 221 g/mol. The summed E-state index contributed by atoms with van der Waals surface area (Å²) in [6.45, 7) is 0.528. The number of likely N-dealkylation sites (N-methyl/N-ethyl adjacent to an activating group) is 1. The number of benzene rings is 1. The third-order valence-electron chi connectivity index (χ3n) is 1.88. The van der Waals surface area contributed by atoms with Crippen molar-refractivity contribution < 1.29 is 5.11 Å². The van der Waals surface area contributed by atoms with E-state index in [1.165, 1.54) is 0 Å². The number of hydrogen-bond acceptors (Lipinski definition) is 2.